The van der Waals surface area contributed by atoms with Gasteiger partial charge in [-0.2, -0.15) is 0 Å². The van der Waals surface area contributed by atoms with Crippen molar-refractivity contribution in [2.45, 2.75) is 58.7 Å². The van der Waals surface area contributed by atoms with Gasteiger partial charge in [-0.15, -0.1) is 0 Å². The van der Waals surface area contributed by atoms with Crippen LogP contribution in [0.1, 0.15) is 50.5 Å². The van der Waals surface area contributed by atoms with Crippen molar-refractivity contribution in [3.05, 3.63) is 83.9 Å². The fourth-order valence-electron chi connectivity index (χ4n) is 4.34. The first-order chi connectivity index (χ1) is 19.4. The maximum Gasteiger partial charge on any atom is 0.429 e. The van der Waals surface area contributed by atoms with Crippen molar-refractivity contribution in [1.29, 1.82) is 0 Å². The molecule has 0 aliphatic carbocycles. The summed E-state index contributed by atoms with van der Waals surface area (Å²) < 4.78 is 28.4. The normalized spacial score (nSPS) is 16.1. The van der Waals surface area contributed by atoms with Gasteiger partial charge in [0.05, 0.1) is 31.5 Å². The molecule has 41 heavy (non-hydrogen) atoms. The lowest BCUT2D eigenvalue weighted by atomic mass is 10.1. The minimum absolute atomic E-state index is 0.106. The molecule has 0 spiro atoms. The molecule has 1 unspecified atom stereocenters. The van der Waals surface area contributed by atoms with Gasteiger partial charge in [0.2, 0.25) is 0 Å². The molecular weight excluding hydrogens is 524 g/mol. The molecule has 1 saturated heterocycles. The van der Waals surface area contributed by atoms with E-state index < -0.39 is 29.6 Å². The van der Waals surface area contributed by atoms with Crippen molar-refractivity contribution >= 4 is 17.7 Å². The third-order valence-electron chi connectivity index (χ3n) is 6.23. The SMILES string of the molecule is COC(=O)c1cccc(COc2ccc(-c3ccccc3)cc2)c1NN(CC1COC(C)(C)O1)C(=O)OC(C)(C)C. The molecule has 0 bridgehead atoms. The van der Waals surface area contributed by atoms with Crippen LogP contribution in [0.3, 0.4) is 0 Å². The Bertz CT molecular complexity index is 1330. The summed E-state index contributed by atoms with van der Waals surface area (Å²) in [6.45, 7) is 9.50. The molecule has 1 amide bonds. The fourth-order valence-corrected chi connectivity index (χ4v) is 4.34. The van der Waals surface area contributed by atoms with Crippen LogP contribution in [0.4, 0.5) is 10.5 Å². The zero-order valence-electron chi connectivity index (χ0n) is 24.4. The Labute approximate surface area is 241 Å². The lowest BCUT2D eigenvalue weighted by molar-refractivity contribution is -0.139. The molecule has 0 aromatic heterocycles. The van der Waals surface area contributed by atoms with E-state index in [0.717, 1.165) is 11.1 Å². The molecule has 0 radical (unpaired) electrons. The number of para-hydroxylation sites is 1. The highest BCUT2D eigenvalue weighted by molar-refractivity contribution is 5.96. The number of amides is 1. The average molecular weight is 563 g/mol. The number of hydrogen-bond acceptors (Lipinski definition) is 8. The van der Waals surface area contributed by atoms with E-state index in [1.807, 2.05) is 74.5 Å². The summed E-state index contributed by atoms with van der Waals surface area (Å²) in [6, 6.07) is 23.0. The van der Waals surface area contributed by atoms with E-state index in [-0.39, 0.29) is 18.7 Å². The predicted octanol–water partition coefficient (Wildman–Crippen LogP) is 6.43. The van der Waals surface area contributed by atoms with Gasteiger partial charge in [0.1, 0.15) is 24.1 Å². The number of methoxy groups -OCH3 is 1. The van der Waals surface area contributed by atoms with Crippen molar-refractivity contribution in [3.63, 3.8) is 0 Å². The van der Waals surface area contributed by atoms with E-state index in [9.17, 15) is 9.59 Å². The van der Waals surface area contributed by atoms with Crippen LogP contribution in [0.15, 0.2) is 72.8 Å². The third-order valence-corrected chi connectivity index (χ3v) is 6.23. The number of carbonyl (C=O) groups is 2. The largest absolute Gasteiger partial charge is 0.489 e. The van der Waals surface area contributed by atoms with Gasteiger partial charge in [-0.3, -0.25) is 5.43 Å². The maximum absolute atomic E-state index is 13.3. The molecule has 4 rings (SSSR count). The lowest BCUT2D eigenvalue weighted by Crippen LogP contribution is -2.45. The van der Waals surface area contributed by atoms with Crippen molar-refractivity contribution in [2.24, 2.45) is 0 Å². The molecule has 1 fully saturated rings. The summed E-state index contributed by atoms with van der Waals surface area (Å²) in [6.07, 6.45) is -1.05. The Balaban J connectivity index is 1.59. The second kappa shape index (κ2) is 12.6. The Kier molecular flexibility index (Phi) is 9.20. The first-order valence-electron chi connectivity index (χ1n) is 13.5. The predicted molar refractivity (Wildman–Crippen MR) is 155 cm³/mol. The number of hydrogen-bond donors (Lipinski definition) is 1. The second-order valence-corrected chi connectivity index (χ2v) is 11.2. The number of esters is 1. The summed E-state index contributed by atoms with van der Waals surface area (Å²) in [5.74, 6) is -0.683. The number of carbonyl (C=O) groups excluding carboxylic acids is 2. The highest BCUT2D eigenvalue weighted by atomic mass is 16.7. The minimum Gasteiger partial charge on any atom is -0.489 e. The number of nitrogens with one attached hydrogen (secondary N) is 1. The first-order valence-corrected chi connectivity index (χ1v) is 13.5. The molecule has 3 aromatic rings. The minimum atomic E-state index is -0.775. The summed E-state index contributed by atoms with van der Waals surface area (Å²) in [7, 11) is 1.31. The maximum atomic E-state index is 13.3. The average Bonchev–Trinajstić information content (AvgIpc) is 3.29. The van der Waals surface area contributed by atoms with Crippen molar-refractivity contribution in [2.75, 3.05) is 25.7 Å². The smallest absolute Gasteiger partial charge is 0.429 e. The zero-order valence-corrected chi connectivity index (χ0v) is 24.4. The number of rotatable bonds is 9. The molecular formula is C32H38N2O7. The van der Waals surface area contributed by atoms with E-state index in [0.29, 0.717) is 23.6 Å². The number of nitrogens with zero attached hydrogens (tertiary/aromatic N) is 1. The van der Waals surface area contributed by atoms with Gasteiger partial charge in [-0.25, -0.2) is 14.6 Å². The van der Waals surface area contributed by atoms with Gasteiger partial charge in [-0.1, -0.05) is 54.6 Å². The Morgan fingerprint density at radius 2 is 1.66 bits per heavy atom. The number of ether oxygens (including phenoxy) is 5. The van der Waals surface area contributed by atoms with Gasteiger partial charge in [0.25, 0.3) is 0 Å². The Morgan fingerprint density at radius 1 is 0.976 bits per heavy atom. The number of benzene rings is 3. The Hall–Kier alpha value is -4.08. The fraction of sp³-hybridized carbons (Fsp3) is 0.375. The van der Waals surface area contributed by atoms with Gasteiger partial charge >= 0.3 is 12.1 Å². The molecule has 218 valence electrons. The summed E-state index contributed by atoms with van der Waals surface area (Å²) >= 11 is 0. The van der Waals surface area contributed by atoms with E-state index in [2.05, 4.69) is 5.43 Å². The quantitative estimate of drug-likeness (QED) is 0.235. The first kappa shape index (κ1) is 29.9. The molecule has 1 N–H and O–H groups in total. The monoisotopic (exact) mass is 562 g/mol. The second-order valence-electron chi connectivity index (χ2n) is 11.2. The highest BCUT2D eigenvalue weighted by Crippen LogP contribution is 2.28. The molecule has 1 heterocycles. The highest BCUT2D eigenvalue weighted by Gasteiger charge is 2.36. The molecule has 1 aliphatic rings. The Morgan fingerprint density at radius 3 is 2.27 bits per heavy atom. The molecule has 9 nitrogen and oxygen atoms in total. The van der Waals surface area contributed by atoms with Crippen LogP contribution >= 0.6 is 0 Å². The summed E-state index contributed by atoms with van der Waals surface area (Å²) in [4.78, 5) is 26.1. The van der Waals surface area contributed by atoms with E-state index in [1.54, 1.807) is 32.9 Å². The summed E-state index contributed by atoms with van der Waals surface area (Å²) in [5, 5.41) is 1.29. The standard InChI is InChI=1S/C32H38N2O7/c1-31(2,3)41-30(36)34(19-26-21-39-32(4,5)40-26)33-28-24(13-10-14-27(28)29(35)37-6)20-38-25-17-15-23(16-18-25)22-11-8-7-9-12-22/h7-18,26,33H,19-21H2,1-6H3. The molecule has 1 atom stereocenters. The molecule has 1 aliphatic heterocycles. The summed E-state index contributed by atoms with van der Waals surface area (Å²) in [5.41, 5.74) is 5.79. The zero-order chi connectivity index (χ0) is 29.6. The van der Waals surface area contributed by atoms with Gasteiger partial charge in [-0.05, 0) is 63.9 Å². The molecule has 9 heteroatoms. The molecule has 3 aromatic carbocycles. The van der Waals surface area contributed by atoms with Crippen LogP contribution in [0.5, 0.6) is 5.75 Å². The third kappa shape index (κ3) is 8.22. The van der Waals surface area contributed by atoms with Crippen LogP contribution in [0, 0.1) is 0 Å². The van der Waals surface area contributed by atoms with Crippen LogP contribution in [-0.2, 0) is 25.6 Å². The van der Waals surface area contributed by atoms with Crippen molar-refractivity contribution in [1.82, 2.24) is 5.01 Å². The van der Waals surface area contributed by atoms with Crippen molar-refractivity contribution in [3.8, 4) is 16.9 Å². The topological polar surface area (TPSA) is 95.6 Å². The van der Waals surface area contributed by atoms with Crippen LogP contribution in [0.2, 0.25) is 0 Å². The molecule has 0 saturated carbocycles. The van der Waals surface area contributed by atoms with Gasteiger partial charge < -0.3 is 23.7 Å². The van der Waals surface area contributed by atoms with Crippen LogP contribution < -0.4 is 10.2 Å². The van der Waals surface area contributed by atoms with Crippen molar-refractivity contribution < 1.29 is 33.3 Å². The van der Waals surface area contributed by atoms with Gasteiger partial charge in [0, 0.05) is 5.56 Å². The van der Waals surface area contributed by atoms with Crippen LogP contribution in [0.25, 0.3) is 11.1 Å². The number of hydrazine groups is 1. The number of anilines is 1. The van der Waals surface area contributed by atoms with E-state index in [4.69, 9.17) is 23.7 Å². The van der Waals surface area contributed by atoms with Gasteiger partial charge in [0.15, 0.2) is 5.79 Å². The van der Waals surface area contributed by atoms with Crippen LogP contribution in [-0.4, -0.2) is 54.8 Å². The lowest BCUT2D eigenvalue weighted by Gasteiger charge is -2.31. The van der Waals surface area contributed by atoms with E-state index >= 15 is 0 Å². The van der Waals surface area contributed by atoms with E-state index in [1.165, 1.54) is 12.1 Å².